The quantitative estimate of drug-likeness (QED) is 0.0238. The molecule has 0 fully saturated rings. The molecule has 21 heteroatoms. The van der Waals surface area contributed by atoms with Crippen molar-refractivity contribution < 1.29 is 101 Å². The van der Waals surface area contributed by atoms with E-state index in [9.17, 15) is 24.6 Å². The van der Waals surface area contributed by atoms with Crippen molar-refractivity contribution in [2.24, 2.45) is 0 Å². The number of carbonyl (C=O) groups is 6. The van der Waals surface area contributed by atoms with Crippen LogP contribution in [0, 0.1) is 0 Å². The van der Waals surface area contributed by atoms with Gasteiger partial charge in [0, 0.05) is 61.5 Å². The van der Waals surface area contributed by atoms with Gasteiger partial charge in [0.25, 0.3) is 0 Å². The van der Waals surface area contributed by atoms with Gasteiger partial charge in [-0.2, -0.15) is 0 Å². The molecule has 0 aromatic heterocycles. The van der Waals surface area contributed by atoms with E-state index in [4.69, 9.17) is 65.4 Å². The second-order valence-corrected chi connectivity index (χ2v) is 13.0. The van der Waals surface area contributed by atoms with Crippen LogP contribution in [0.15, 0.2) is 0 Å². The topological polar surface area (TPSA) is 404 Å². The summed E-state index contributed by atoms with van der Waals surface area (Å²) in [6, 6.07) is 0. The Morgan fingerprint density at radius 2 is 0.746 bits per heavy atom. The van der Waals surface area contributed by atoms with E-state index < -0.39 is 35.8 Å². The fourth-order valence-electron chi connectivity index (χ4n) is 3.34. The molecule has 14 N–H and O–H groups in total. The molecular formula is C42H92N3O18-. The third kappa shape index (κ3) is 215. The summed E-state index contributed by atoms with van der Waals surface area (Å²) in [5, 5.41) is 109. The Morgan fingerprint density at radius 3 is 0.952 bits per heavy atom. The normalized spacial score (nSPS) is 8.95. The monoisotopic (exact) mass is 927 g/mol. The molecule has 0 aromatic carbocycles. The van der Waals surface area contributed by atoms with Crippen LogP contribution >= 0.6 is 0 Å². The molecule has 0 heterocycles. The summed E-state index contributed by atoms with van der Waals surface area (Å²) in [5.41, 5.74) is 0. The van der Waals surface area contributed by atoms with Crippen LogP contribution in [0.5, 0.6) is 0 Å². The van der Waals surface area contributed by atoms with Crippen molar-refractivity contribution in [3.05, 3.63) is 0 Å². The minimum absolute atomic E-state index is 0.205. The molecule has 21 nitrogen and oxygen atoms in total. The number of hydrogen-bond acceptors (Lipinski definition) is 17. The molecule has 0 saturated heterocycles. The van der Waals surface area contributed by atoms with E-state index in [0.29, 0.717) is 32.8 Å². The highest BCUT2D eigenvalue weighted by Gasteiger charge is 1.92. The van der Waals surface area contributed by atoms with Crippen molar-refractivity contribution in [2.75, 3.05) is 78.9 Å². The van der Waals surface area contributed by atoms with E-state index in [1.165, 1.54) is 6.92 Å². The van der Waals surface area contributed by atoms with E-state index in [-0.39, 0.29) is 32.7 Å². The first kappa shape index (κ1) is 79.8. The van der Waals surface area contributed by atoms with Crippen molar-refractivity contribution in [1.82, 2.24) is 5.32 Å². The maximum absolute atomic E-state index is 9.76. The standard InChI is InChI=1S/3C7H17NO2.3C5H10O2.3C2H4O2/c3*9-6-3-1-2-4-8-5-7-10;3*1-2-3-4-5(6)7;3*1-2(3)4/h3*8-10H,1-7H2;3*2-4H2,1H3,(H,6,7);3*1H3,(H,3,4)/p-1. The summed E-state index contributed by atoms with van der Waals surface area (Å²) in [5.74, 6) is -5.33. The van der Waals surface area contributed by atoms with Gasteiger partial charge in [-0.1, -0.05) is 40.0 Å². The molecule has 0 atom stereocenters. The maximum atomic E-state index is 9.76. The Kier molecular flexibility index (Phi) is 109. The molecule has 0 amide bonds. The van der Waals surface area contributed by atoms with Gasteiger partial charge in [-0.05, 0) is 110 Å². The molecule has 0 rings (SSSR count). The molecule has 0 unspecified atom stereocenters. The van der Waals surface area contributed by atoms with Crippen molar-refractivity contribution in [1.29, 1.82) is 0 Å². The van der Waals surface area contributed by atoms with Crippen LogP contribution in [-0.2, 0) is 28.8 Å². The smallest absolute Gasteiger partial charge is 0.512 e. The molecule has 0 saturated carbocycles. The van der Waals surface area contributed by atoms with E-state index in [0.717, 1.165) is 143 Å². The van der Waals surface area contributed by atoms with Crippen LogP contribution in [0.4, 0.5) is 0 Å². The average molecular weight is 927 g/mol. The number of nitrogens with two attached hydrogens (primary N) is 2. The van der Waals surface area contributed by atoms with Crippen LogP contribution in [0.25, 0.3) is 0 Å². The van der Waals surface area contributed by atoms with E-state index in [2.05, 4.69) is 16.0 Å². The SMILES string of the molecule is CC(=O)[O-].CC(=O)[O-].CC(=O)[OH2+].CCCCC(=O)O.CCCCC(=O)[O-].CCCCC(=O)[O-].OCCCCCNCCO.OCCCCC[NH2+]CCO.OCCCCC[NH2+]CCO. The number of aliphatic carboxylic acids is 5. The Bertz CT molecular complexity index is 744. The number of carboxylic acid groups (broad SMARTS) is 5. The van der Waals surface area contributed by atoms with Crippen molar-refractivity contribution >= 4 is 35.8 Å². The van der Waals surface area contributed by atoms with Crippen molar-refractivity contribution in [2.45, 2.75) is 157 Å². The van der Waals surface area contributed by atoms with Crippen LogP contribution in [0.3, 0.4) is 0 Å². The predicted octanol–water partition coefficient (Wildman–Crippen LogP) is -4.98. The first-order chi connectivity index (χ1) is 29.7. The Morgan fingerprint density at radius 1 is 0.444 bits per heavy atom. The van der Waals surface area contributed by atoms with Gasteiger partial charge in [-0.15, -0.1) is 0 Å². The number of aliphatic hydroxyl groups excluding tert-OH is 6. The second kappa shape index (κ2) is 85.7. The molecule has 384 valence electrons. The minimum Gasteiger partial charge on any atom is -0.565 e. The van der Waals surface area contributed by atoms with Gasteiger partial charge in [0.15, 0.2) is 0 Å². The lowest BCUT2D eigenvalue weighted by atomic mass is 10.2. The Hall–Kier alpha value is -3.54. The Balaban J connectivity index is -0.0000000759. The number of aliphatic hydroxyl groups is 6. The highest BCUT2D eigenvalue weighted by Crippen LogP contribution is 1.93. The van der Waals surface area contributed by atoms with Gasteiger partial charge >= 0.3 is 11.9 Å². The lowest BCUT2D eigenvalue weighted by Gasteiger charge is -2.00. The lowest BCUT2D eigenvalue weighted by Crippen LogP contribution is -2.85. The van der Waals surface area contributed by atoms with Crippen LogP contribution < -0.4 is 36.4 Å². The van der Waals surface area contributed by atoms with Gasteiger partial charge < -0.3 is 96.4 Å². The van der Waals surface area contributed by atoms with Crippen LogP contribution in [0.2, 0.25) is 0 Å². The van der Waals surface area contributed by atoms with Gasteiger partial charge in [0.2, 0.25) is 0 Å². The van der Waals surface area contributed by atoms with Crippen molar-refractivity contribution in [3.8, 4) is 0 Å². The van der Waals surface area contributed by atoms with Crippen LogP contribution in [-0.4, -0.2) is 156 Å². The first-order valence-electron chi connectivity index (χ1n) is 21.9. The lowest BCUT2D eigenvalue weighted by molar-refractivity contribution is -0.656. The fraction of sp³-hybridized carbons (Fsp3) is 0.857. The Labute approximate surface area is 377 Å². The average Bonchev–Trinajstić information content (AvgIpc) is 3.20. The molecule has 0 radical (unpaired) electrons. The summed E-state index contributed by atoms with van der Waals surface area (Å²) < 4.78 is 0. The second-order valence-electron chi connectivity index (χ2n) is 13.0. The molecule has 0 aliphatic heterocycles. The zero-order valence-corrected chi connectivity index (χ0v) is 39.6. The first-order valence-corrected chi connectivity index (χ1v) is 21.9. The van der Waals surface area contributed by atoms with Crippen LogP contribution in [0.1, 0.15) is 157 Å². The number of unbranched alkanes of at least 4 members (excludes halogenated alkanes) is 9. The van der Waals surface area contributed by atoms with Gasteiger partial charge in [-0.25, -0.2) is 0 Å². The number of hydrogen-bond donors (Lipinski definition) is 10. The van der Waals surface area contributed by atoms with Crippen molar-refractivity contribution in [3.63, 3.8) is 0 Å². The minimum atomic E-state index is -1.08. The van der Waals surface area contributed by atoms with Gasteiger partial charge in [0.05, 0.1) is 52.9 Å². The number of quaternary nitrogens is 2. The zero-order valence-electron chi connectivity index (χ0n) is 39.6. The summed E-state index contributed by atoms with van der Waals surface area (Å²) in [6.07, 6.45) is 15.1. The molecular weight excluding hydrogens is 834 g/mol. The fourth-order valence-corrected chi connectivity index (χ4v) is 3.34. The summed E-state index contributed by atoms with van der Waals surface area (Å²) in [6.45, 7) is 16.0. The molecule has 63 heavy (non-hydrogen) atoms. The molecule has 0 aliphatic rings. The zero-order chi connectivity index (χ0) is 50.8. The van der Waals surface area contributed by atoms with Gasteiger partial charge in [0.1, 0.15) is 0 Å². The maximum Gasteiger partial charge on any atom is 0.512 e. The highest BCUT2D eigenvalue weighted by atomic mass is 16.4. The predicted molar refractivity (Wildman–Crippen MR) is 232 cm³/mol. The number of rotatable bonds is 30. The third-order valence-electron chi connectivity index (χ3n) is 6.31. The molecule has 0 bridgehead atoms. The largest absolute Gasteiger partial charge is 0.565 e. The van der Waals surface area contributed by atoms with Gasteiger partial charge in [-0.3, -0.25) is 4.79 Å². The number of carbonyl (C=O) groups excluding carboxylic acids is 5. The van der Waals surface area contributed by atoms with E-state index in [1.807, 2.05) is 20.8 Å². The number of nitrogens with one attached hydrogen (secondary N) is 1. The summed E-state index contributed by atoms with van der Waals surface area (Å²) >= 11 is 0. The number of carboxylic acids is 5. The summed E-state index contributed by atoms with van der Waals surface area (Å²) in [4.78, 5) is 55.9. The molecule has 0 aromatic rings. The third-order valence-corrected chi connectivity index (χ3v) is 6.31. The highest BCUT2D eigenvalue weighted by molar-refractivity contribution is 5.66. The molecule has 0 aliphatic carbocycles. The summed E-state index contributed by atoms with van der Waals surface area (Å²) in [7, 11) is 0. The van der Waals surface area contributed by atoms with E-state index in [1.54, 1.807) is 0 Å². The van der Waals surface area contributed by atoms with E-state index >= 15 is 0 Å². The molecule has 0 spiro atoms.